The zero-order valence-electron chi connectivity index (χ0n) is 3.26. The Hall–Kier alpha value is -0.725. The van der Waals surface area contributed by atoms with Gasteiger partial charge in [-0.2, -0.15) is 0 Å². The van der Waals surface area contributed by atoms with Crippen molar-refractivity contribution in [1.82, 2.24) is 0 Å². The Kier molecular flexibility index (Phi) is 0.672. The van der Waals surface area contributed by atoms with E-state index in [1.54, 1.807) is 19.5 Å². The number of amidine groups is 1. The molecule has 0 unspecified atom stereocenters. The second-order valence-corrected chi connectivity index (χ2v) is 1.06. The maximum Gasteiger partial charge on any atom is 0.231 e. The fraction of sp³-hybridized carbons (Fsp3) is 0. The van der Waals surface area contributed by atoms with Gasteiger partial charge in [0.25, 0.3) is 0 Å². The van der Waals surface area contributed by atoms with Crippen LogP contribution in [0.5, 0.6) is 0 Å². The molecule has 29 valence electrons. The Morgan fingerprint density at radius 3 is 2.83 bits per heavy atom. The summed E-state index contributed by atoms with van der Waals surface area (Å²) >= 11 is 0. The molecule has 0 saturated carbocycles. The lowest BCUT2D eigenvalue weighted by molar-refractivity contribution is 1.57. The van der Waals surface area contributed by atoms with Crippen LogP contribution in [0.2, 0.25) is 0 Å². The molecular formula is C3H4BN2. The van der Waals surface area contributed by atoms with Crippen LogP contribution in [0, 0.1) is 0 Å². The van der Waals surface area contributed by atoms with Crippen LogP contribution in [0.25, 0.3) is 0 Å². The van der Waals surface area contributed by atoms with E-state index in [1.165, 1.54) is 0 Å². The molecule has 0 amide bonds. The highest BCUT2D eigenvalue weighted by Crippen LogP contribution is 1.81. The van der Waals surface area contributed by atoms with Gasteiger partial charge in [-0.25, -0.2) is 0 Å². The molecule has 6 heavy (non-hydrogen) atoms. The molecule has 0 fully saturated rings. The molecule has 0 aromatic carbocycles. The number of hydrogen-bond acceptors (Lipinski definition) is 2. The molecule has 1 aliphatic rings. The summed E-state index contributed by atoms with van der Waals surface area (Å²) in [6, 6.07) is 0. The largest absolute Gasteiger partial charge is 0.395 e. The zero-order chi connectivity index (χ0) is 4.41. The summed E-state index contributed by atoms with van der Waals surface area (Å²) in [6.45, 7) is 0. The Labute approximate surface area is 37.0 Å². The average Bonchev–Trinajstić information content (AvgIpc) is 1.86. The molecule has 1 aliphatic heterocycles. The summed E-state index contributed by atoms with van der Waals surface area (Å²) in [4.78, 5) is 3.69. The van der Waals surface area contributed by atoms with E-state index in [-0.39, 0.29) is 0 Å². The topological polar surface area (TPSA) is 38.4 Å². The Morgan fingerprint density at radius 1 is 1.83 bits per heavy atom. The highest BCUT2D eigenvalue weighted by Gasteiger charge is 1.92. The fourth-order valence-corrected chi connectivity index (χ4v) is 0.314. The van der Waals surface area contributed by atoms with Crippen LogP contribution in [0.1, 0.15) is 0 Å². The second kappa shape index (κ2) is 1.16. The molecule has 0 aromatic heterocycles. The Morgan fingerprint density at radius 2 is 2.67 bits per heavy atom. The highest BCUT2D eigenvalue weighted by molar-refractivity contribution is 6.79. The van der Waals surface area contributed by atoms with Crippen molar-refractivity contribution in [2.45, 2.75) is 0 Å². The third-order valence-corrected chi connectivity index (χ3v) is 0.577. The first-order valence-corrected chi connectivity index (χ1v) is 1.73. The molecule has 3 heteroatoms. The third-order valence-electron chi connectivity index (χ3n) is 0.577. The van der Waals surface area contributed by atoms with E-state index in [2.05, 4.69) is 4.99 Å². The van der Waals surface area contributed by atoms with Crippen LogP contribution in [0.3, 0.4) is 0 Å². The SMILES string of the molecule is NC1=NC=C[B]1. The van der Waals surface area contributed by atoms with Crippen LogP contribution in [-0.4, -0.2) is 13.0 Å². The highest BCUT2D eigenvalue weighted by atomic mass is 14.8. The maximum absolute atomic E-state index is 5.17. The molecule has 0 aliphatic carbocycles. The summed E-state index contributed by atoms with van der Waals surface area (Å²) in [5.41, 5.74) is 5.76. The van der Waals surface area contributed by atoms with Gasteiger partial charge in [0.15, 0.2) is 0 Å². The molecular weight excluding hydrogens is 74.9 g/mol. The fourth-order valence-electron chi connectivity index (χ4n) is 0.314. The van der Waals surface area contributed by atoms with Crippen molar-refractivity contribution in [3.63, 3.8) is 0 Å². The van der Waals surface area contributed by atoms with Crippen LogP contribution < -0.4 is 5.73 Å². The van der Waals surface area contributed by atoms with Gasteiger partial charge in [0.2, 0.25) is 7.28 Å². The predicted octanol–water partition coefficient (Wildman–Crippen LogP) is -0.510. The van der Waals surface area contributed by atoms with E-state index in [1.807, 2.05) is 0 Å². The van der Waals surface area contributed by atoms with Crippen LogP contribution in [-0.2, 0) is 0 Å². The maximum atomic E-state index is 5.17. The summed E-state index contributed by atoms with van der Waals surface area (Å²) in [7, 11) is 1.75. The lowest BCUT2D eigenvalue weighted by Crippen LogP contribution is -2.14. The lowest BCUT2D eigenvalue weighted by Gasteiger charge is -1.76. The van der Waals surface area contributed by atoms with Crippen molar-refractivity contribution in [3.05, 3.63) is 12.2 Å². The molecule has 0 spiro atoms. The van der Waals surface area contributed by atoms with Gasteiger partial charge in [-0.1, -0.05) is 5.98 Å². The van der Waals surface area contributed by atoms with Crippen molar-refractivity contribution < 1.29 is 0 Å². The molecule has 0 bridgehead atoms. The van der Waals surface area contributed by atoms with Gasteiger partial charge < -0.3 is 5.73 Å². The number of hydrogen-bond donors (Lipinski definition) is 1. The van der Waals surface area contributed by atoms with Gasteiger partial charge in [-0.05, 0) is 0 Å². The van der Waals surface area contributed by atoms with E-state index >= 15 is 0 Å². The zero-order valence-corrected chi connectivity index (χ0v) is 3.26. The first-order valence-electron chi connectivity index (χ1n) is 1.73. The quantitative estimate of drug-likeness (QED) is 0.390. The van der Waals surface area contributed by atoms with E-state index in [4.69, 9.17) is 5.73 Å². The Bertz CT molecular complexity index is 105. The van der Waals surface area contributed by atoms with Crippen molar-refractivity contribution in [1.29, 1.82) is 0 Å². The number of nitrogens with zero attached hydrogens (tertiary/aromatic N) is 1. The first kappa shape index (κ1) is 3.46. The number of rotatable bonds is 0. The van der Waals surface area contributed by atoms with Crippen molar-refractivity contribution >= 4 is 13.0 Å². The molecule has 1 heterocycles. The van der Waals surface area contributed by atoms with Gasteiger partial charge in [-0.3, -0.25) is 4.99 Å². The minimum atomic E-state index is 0.593. The monoisotopic (exact) mass is 79.0 g/mol. The molecule has 0 saturated heterocycles. The lowest BCUT2D eigenvalue weighted by atomic mass is 9.79. The van der Waals surface area contributed by atoms with Gasteiger partial charge in [-0.15, -0.1) is 0 Å². The molecule has 2 N–H and O–H groups in total. The molecule has 2 nitrogen and oxygen atoms in total. The molecule has 0 aromatic rings. The van der Waals surface area contributed by atoms with Crippen LogP contribution in [0.15, 0.2) is 17.2 Å². The van der Waals surface area contributed by atoms with Crippen molar-refractivity contribution in [2.75, 3.05) is 0 Å². The summed E-state index contributed by atoms with van der Waals surface area (Å²) < 4.78 is 0. The van der Waals surface area contributed by atoms with Gasteiger partial charge >= 0.3 is 0 Å². The first-order chi connectivity index (χ1) is 2.89. The molecule has 1 rings (SSSR count). The second-order valence-electron chi connectivity index (χ2n) is 1.06. The minimum Gasteiger partial charge on any atom is -0.395 e. The van der Waals surface area contributed by atoms with E-state index < -0.39 is 0 Å². The van der Waals surface area contributed by atoms with Gasteiger partial charge in [0, 0.05) is 6.20 Å². The summed E-state index contributed by atoms with van der Waals surface area (Å²) in [5, 5.41) is 0. The molecule has 0 atom stereocenters. The molecule has 1 radical (unpaired) electrons. The number of nitrogens with two attached hydrogens (primary N) is 1. The Balaban J connectivity index is 2.61. The van der Waals surface area contributed by atoms with Crippen LogP contribution in [0.4, 0.5) is 0 Å². The minimum absolute atomic E-state index is 0.593. The van der Waals surface area contributed by atoms with Crippen molar-refractivity contribution in [3.8, 4) is 0 Å². The normalized spacial score (nSPS) is 17.0. The van der Waals surface area contributed by atoms with Crippen molar-refractivity contribution in [2.24, 2.45) is 10.7 Å². The number of aliphatic imine (C=N–C) groups is 1. The standard InChI is InChI=1S/C3H4BN2/c5-3-4-1-2-6-3/h1-2H,(H2,5,6). The van der Waals surface area contributed by atoms with Gasteiger partial charge in [0.05, 0.1) is 5.73 Å². The summed E-state index contributed by atoms with van der Waals surface area (Å²) in [5.74, 6) is 1.80. The van der Waals surface area contributed by atoms with Crippen LogP contribution >= 0.6 is 0 Å². The third kappa shape index (κ3) is 0.430. The summed E-state index contributed by atoms with van der Waals surface area (Å²) in [6.07, 6.45) is 1.66. The smallest absolute Gasteiger partial charge is 0.231 e. The van der Waals surface area contributed by atoms with Gasteiger partial charge in [0.1, 0.15) is 0 Å². The van der Waals surface area contributed by atoms with E-state index in [0.717, 1.165) is 0 Å². The van der Waals surface area contributed by atoms with E-state index in [0.29, 0.717) is 5.73 Å². The van der Waals surface area contributed by atoms with E-state index in [9.17, 15) is 0 Å². The predicted molar refractivity (Wildman–Crippen MR) is 26.5 cm³/mol. The average molecular weight is 78.9 g/mol.